The van der Waals surface area contributed by atoms with Crippen LogP contribution in [0.2, 0.25) is 0 Å². The van der Waals surface area contributed by atoms with Gasteiger partial charge >= 0.3 is 5.97 Å². The van der Waals surface area contributed by atoms with E-state index in [9.17, 15) is 14.4 Å². The molecule has 34 heavy (non-hydrogen) atoms. The lowest BCUT2D eigenvalue weighted by molar-refractivity contribution is -0.129. The Hall–Kier alpha value is -4.07. The van der Waals surface area contributed by atoms with Crippen molar-refractivity contribution in [1.82, 2.24) is 0 Å². The molecular formula is C26H25N3O5. The maximum atomic E-state index is 13.4. The lowest BCUT2D eigenvalue weighted by Gasteiger charge is -2.44. The number of anilines is 3. The van der Waals surface area contributed by atoms with Gasteiger partial charge < -0.3 is 19.8 Å². The first kappa shape index (κ1) is 21.8. The normalized spacial score (nSPS) is 16.1. The van der Waals surface area contributed by atoms with Crippen molar-refractivity contribution in [2.45, 2.75) is 37.8 Å². The van der Waals surface area contributed by atoms with E-state index in [0.29, 0.717) is 42.0 Å². The number of furan rings is 1. The van der Waals surface area contributed by atoms with Crippen LogP contribution in [0.1, 0.15) is 41.8 Å². The van der Waals surface area contributed by atoms with Gasteiger partial charge in [-0.3, -0.25) is 14.5 Å². The quantitative estimate of drug-likeness (QED) is 0.532. The maximum absolute atomic E-state index is 13.4. The summed E-state index contributed by atoms with van der Waals surface area (Å²) in [6, 6.07) is 17.8. The molecule has 0 unspecified atom stereocenters. The fourth-order valence-corrected chi connectivity index (χ4v) is 4.81. The van der Waals surface area contributed by atoms with Crippen LogP contribution in [0.4, 0.5) is 17.1 Å². The van der Waals surface area contributed by atoms with E-state index in [2.05, 4.69) is 10.6 Å². The molecule has 8 heteroatoms. The average molecular weight is 460 g/mol. The Bertz CT molecular complexity index is 1210. The largest absolute Gasteiger partial charge is 0.467 e. The van der Waals surface area contributed by atoms with Crippen molar-refractivity contribution >= 4 is 34.8 Å². The maximum Gasteiger partial charge on any atom is 0.340 e. The molecule has 0 radical (unpaired) electrons. The second-order valence-corrected chi connectivity index (χ2v) is 8.49. The number of ether oxygens (including phenoxy) is 1. The molecule has 8 nitrogen and oxygen atoms in total. The van der Waals surface area contributed by atoms with Gasteiger partial charge in [-0.25, -0.2) is 4.79 Å². The minimum absolute atomic E-state index is 0.184. The average Bonchev–Trinajstić information content (AvgIpc) is 3.55. The molecule has 1 saturated carbocycles. The molecule has 2 aliphatic rings. The number of carbonyl (C=O) groups is 3. The van der Waals surface area contributed by atoms with Crippen molar-refractivity contribution < 1.29 is 23.5 Å². The van der Waals surface area contributed by atoms with Crippen LogP contribution in [0.25, 0.3) is 0 Å². The van der Waals surface area contributed by atoms with Crippen molar-refractivity contribution in [2.75, 3.05) is 22.1 Å². The van der Waals surface area contributed by atoms with Gasteiger partial charge in [0.15, 0.2) is 6.61 Å². The first-order chi connectivity index (χ1) is 16.6. The van der Waals surface area contributed by atoms with Gasteiger partial charge in [0.25, 0.3) is 11.8 Å². The molecule has 3 aromatic rings. The molecule has 5 rings (SSSR count). The van der Waals surface area contributed by atoms with E-state index in [1.54, 1.807) is 53.6 Å². The smallest absolute Gasteiger partial charge is 0.340 e. The second-order valence-electron chi connectivity index (χ2n) is 8.49. The summed E-state index contributed by atoms with van der Waals surface area (Å²) in [5.74, 6) is -0.497. The first-order valence-electron chi connectivity index (χ1n) is 11.3. The summed E-state index contributed by atoms with van der Waals surface area (Å²) in [6.45, 7) is -0.0624. The molecule has 2 aromatic carbocycles. The molecular weight excluding hydrogens is 434 g/mol. The molecule has 1 aliphatic carbocycles. The summed E-state index contributed by atoms with van der Waals surface area (Å²) in [4.78, 5) is 40.9. The minimum Gasteiger partial charge on any atom is -0.467 e. The molecule has 0 bridgehead atoms. The standard InChI is InChI=1S/C26H25N3O5/c30-23(29-22-12-4-3-11-21(22)28-25(32)26(29)13-5-6-14-26)17-34-24(31)19-9-1-2-10-20(19)27-16-18-8-7-15-33-18/h1-4,7-12,15,27H,5-6,13-14,16-17H2,(H,28,32). The third-order valence-corrected chi connectivity index (χ3v) is 6.43. The van der Waals surface area contributed by atoms with Crippen LogP contribution in [0.15, 0.2) is 71.3 Å². The molecule has 0 atom stereocenters. The van der Waals surface area contributed by atoms with E-state index in [1.807, 2.05) is 18.2 Å². The van der Waals surface area contributed by atoms with Crippen LogP contribution in [-0.2, 0) is 20.9 Å². The van der Waals surface area contributed by atoms with Crippen molar-refractivity contribution in [3.8, 4) is 0 Å². The zero-order valence-electron chi connectivity index (χ0n) is 18.6. The Kier molecular flexibility index (Phi) is 5.79. The van der Waals surface area contributed by atoms with Gasteiger partial charge in [0.05, 0.1) is 29.7 Å². The van der Waals surface area contributed by atoms with Crippen molar-refractivity contribution in [2.24, 2.45) is 0 Å². The number of hydrogen-bond acceptors (Lipinski definition) is 6. The summed E-state index contributed by atoms with van der Waals surface area (Å²) in [5.41, 5.74) is 1.16. The summed E-state index contributed by atoms with van der Waals surface area (Å²) in [6.07, 6.45) is 4.44. The summed E-state index contributed by atoms with van der Waals surface area (Å²) in [5, 5.41) is 6.11. The number of esters is 1. The summed E-state index contributed by atoms with van der Waals surface area (Å²) < 4.78 is 10.8. The highest BCUT2D eigenvalue weighted by atomic mass is 16.5. The van der Waals surface area contributed by atoms with E-state index in [4.69, 9.17) is 9.15 Å². The Morgan fingerprint density at radius 1 is 1.03 bits per heavy atom. The monoisotopic (exact) mass is 459 g/mol. The zero-order chi connectivity index (χ0) is 23.5. The highest BCUT2D eigenvalue weighted by Gasteiger charge is 2.52. The molecule has 174 valence electrons. The second kappa shape index (κ2) is 9.05. The molecule has 1 aliphatic heterocycles. The highest BCUT2D eigenvalue weighted by Crippen LogP contribution is 2.45. The fraction of sp³-hybridized carbons (Fsp3) is 0.269. The Balaban J connectivity index is 1.33. The van der Waals surface area contributed by atoms with Crippen LogP contribution in [0.3, 0.4) is 0 Å². The zero-order valence-corrected chi connectivity index (χ0v) is 18.6. The third kappa shape index (κ3) is 3.91. The van der Waals surface area contributed by atoms with Crippen LogP contribution < -0.4 is 15.5 Å². The van der Waals surface area contributed by atoms with E-state index in [-0.39, 0.29) is 5.91 Å². The number of para-hydroxylation sites is 3. The molecule has 2 heterocycles. The van der Waals surface area contributed by atoms with Crippen LogP contribution in [0.5, 0.6) is 0 Å². The van der Waals surface area contributed by atoms with Gasteiger partial charge in [-0.1, -0.05) is 37.1 Å². The number of fused-ring (bicyclic) bond motifs is 1. The summed E-state index contributed by atoms with van der Waals surface area (Å²) in [7, 11) is 0. The van der Waals surface area contributed by atoms with E-state index < -0.39 is 24.0 Å². The number of nitrogens with one attached hydrogen (secondary N) is 2. The lowest BCUT2D eigenvalue weighted by atomic mass is 9.90. The Morgan fingerprint density at radius 3 is 2.59 bits per heavy atom. The van der Waals surface area contributed by atoms with E-state index in [1.165, 1.54) is 0 Å². The lowest BCUT2D eigenvalue weighted by Crippen LogP contribution is -2.61. The number of nitrogens with zero attached hydrogens (tertiary/aromatic N) is 1. The van der Waals surface area contributed by atoms with Gasteiger partial charge in [0, 0.05) is 5.69 Å². The number of rotatable bonds is 6. The number of amides is 2. The van der Waals surface area contributed by atoms with Crippen molar-refractivity contribution in [1.29, 1.82) is 0 Å². The minimum atomic E-state index is -0.944. The number of hydrogen-bond donors (Lipinski definition) is 2. The predicted molar refractivity (Wildman–Crippen MR) is 127 cm³/mol. The molecule has 0 saturated heterocycles. The van der Waals surface area contributed by atoms with Gasteiger partial charge in [-0.05, 0) is 49.2 Å². The molecule has 1 spiro atoms. The predicted octanol–water partition coefficient (Wildman–Crippen LogP) is 4.35. The highest BCUT2D eigenvalue weighted by molar-refractivity contribution is 6.15. The molecule has 2 amide bonds. The SMILES string of the molecule is O=C(OCC(=O)N1c2ccccc2NC(=O)C12CCCC2)c1ccccc1NCc1ccco1. The van der Waals surface area contributed by atoms with E-state index in [0.717, 1.165) is 18.6 Å². The molecule has 2 N–H and O–H groups in total. The van der Waals surface area contributed by atoms with Crippen LogP contribution in [0, 0.1) is 0 Å². The van der Waals surface area contributed by atoms with Crippen molar-refractivity contribution in [3.05, 3.63) is 78.3 Å². The van der Waals surface area contributed by atoms with E-state index >= 15 is 0 Å². The summed E-state index contributed by atoms with van der Waals surface area (Å²) >= 11 is 0. The topological polar surface area (TPSA) is 101 Å². The first-order valence-corrected chi connectivity index (χ1v) is 11.3. The molecule has 1 aromatic heterocycles. The third-order valence-electron chi connectivity index (χ3n) is 6.43. The van der Waals surface area contributed by atoms with Gasteiger partial charge in [-0.2, -0.15) is 0 Å². The van der Waals surface area contributed by atoms with Gasteiger partial charge in [0.2, 0.25) is 0 Å². The fourth-order valence-electron chi connectivity index (χ4n) is 4.81. The van der Waals surface area contributed by atoms with Crippen LogP contribution >= 0.6 is 0 Å². The molecule has 1 fully saturated rings. The van der Waals surface area contributed by atoms with Gasteiger partial charge in [-0.15, -0.1) is 0 Å². The van der Waals surface area contributed by atoms with Crippen LogP contribution in [-0.4, -0.2) is 29.9 Å². The Morgan fingerprint density at radius 2 is 1.79 bits per heavy atom. The van der Waals surface area contributed by atoms with Crippen molar-refractivity contribution in [3.63, 3.8) is 0 Å². The Labute approximate surface area is 196 Å². The number of carbonyl (C=O) groups excluding carboxylic acids is 3. The van der Waals surface area contributed by atoms with Gasteiger partial charge in [0.1, 0.15) is 11.3 Å². The number of benzene rings is 2.